The SMILES string of the molecule is CC(CC#N)N(C)Cc1ccc(O)c(N)c1. The van der Waals surface area contributed by atoms with E-state index in [0.29, 0.717) is 18.7 Å². The highest BCUT2D eigenvalue weighted by Gasteiger charge is 2.09. The lowest BCUT2D eigenvalue weighted by Gasteiger charge is -2.22. The minimum absolute atomic E-state index is 0.108. The number of nitrogens with zero attached hydrogens (tertiary/aromatic N) is 2. The number of rotatable bonds is 4. The van der Waals surface area contributed by atoms with Crippen molar-refractivity contribution in [2.75, 3.05) is 12.8 Å². The molecule has 0 aliphatic carbocycles. The van der Waals surface area contributed by atoms with Gasteiger partial charge in [-0.15, -0.1) is 0 Å². The molecule has 0 aromatic heterocycles. The van der Waals surface area contributed by atoms with E-state index in [1.807, 2.05) is 20.0 Å². The number of phenolic OH excluding ortho intramolecular Hbond substituents is 1. The van der Waals surface area contributed by atoms with Crippen molar-refractivity contribution in [2.45, 2.75) is 25.9 Å². The van der Waals surface area contributed by atoms with E-state index in [1.165, 1.54) is 0 Å². The zero-order chi connectivity index (χ0) is 12.1. The van der Waals surface area contributed by atoms with Gasteiger partial charge in [0, 0.05) is 12.6 Å². The Morgan fingerprint density at radius 3 is 2.81 bits per heavy atom. The van der Waals surface area contributed by atoms with E-state index in [1.54, 1.807) is 12.1 Å². The molecule has 0 radical (unpaired) electrons. The number of nitrogen functional groups attached to an aromatic ring is 1. The minimum Gasteiger partial charge on any atom is -0.506 e. The summed E-state index contributed by atoms with van der Waals surface area (Å²) in [4.78, 5) is 2.08. The van der Waals surface area contributed by atoms with Crippen LogP contribution in [0.1, 0.15) is 18.9 Å². The summed E-state index contributed by atoms with van der Waals surface area (Å²) >= 11 is 0. The molecule has 1 atom stereocenters. The average molecular weight is 219 g/mol. The molecule has 0 aliphatic heterocycles. The molecule has 0 spiro atoms. The first-order chi connectivity index (χ1) is 7.54. The predicted molar refractivity (Wildman–Crippen MR) is 63.7 cm³/mol. The molecule has 16 heavy (non-hydrogen) atoms. The molecule has 1 unspecified atom stereocenters. The number of aromatic hydroxyl groups is 1. The summed E-state index contributed by atoms with van der Waals surface area (Å²) in [5.41, 5.74) is 7.03. The Hall–Kier alpha value is -1.73. The number of nitrogens with two attached hydrogens (primary N) is 1. The summed E-state index contributed by atoms with van der Waals surface area (Å²) in [5, 5.41) is 17.9. The summed E-state index contributed by atoms with van der Waals surface area (Å²) in [6.45, 7) is 2.72. The molecule has 0 saturated heterocycles. The van der Waals surface area contributed by atoms with Crippen molar-refractivity contribution in [3.8, 4) is 11.8 Å². The van der Waals surface area contributed by atoms with E-state index in [4.69, 9.17) is 11.0 Å². The van der Waals surface area contributed by atoms with E-state index in [9.17, 15) is 5.11 Å². The van der Waals surface area contributed by atoms with Crippen LogP contribution in [0.2, 0.25) is 0 Å². The lowest BCUT2D eigenvalue weighted by molar-refractivity contribution is 0.252. The van der Waals surface area contributed by atoms with Gasteiger partial charge in [-0.1, -0.05) is 6.07 Å². The van der Waals surface area contributed by atoms with E-state index >= 15 is 0 Å². The quantitative estimate of drug-likeness (QED) is 0.597. The van der Waals surface area contributed by atoms with Crippen molar-refractivity contribution in [1.29, 1.82) is 5.26 Å². The number of anilines is 1. The van der Waals surface area contributed by atoms with Crippen LogP contribution in [0.25, 0.3) is 0 Å². The minimum atomic E-state index is 0.108. The summed E-state index contributed by atoms with van der Waals surface area (Å²) in [6, 6.07) is 7.54. The van der Waals surface area contributed by atoms with Crippen LogP contribution in [0.15, 0.2) is 18.2 Å². The third kappa shape index (κ3) is 3.14. The van der Waals surface area contributed by atoms with Gasteiger partial charge in [-0.05, 0) is 31.7 Å². The molecule has 3 N–H and O–H groups in total. The lowest BCUT2D eigenvalue weighted by atomic mass is 10.1. The molecule has 0 aliphatic rings. The first-order valence-electron chi connectivity index (χ1n) is 5.19. The first kappa shape index (κ1) is 12.3. The van der Waals surface area contributed by atoms with Crippen LogP contribution in [-0.4, -0.2) is 23.1 Å². The molecule has 1 aromatic carbocycles. The smallest absolute Gasteiger partial charge is 0.138 e. The van der Waals surface area contributed by atoms with Gasteiger partial charge in [-0.3, -0.25) is 4.90 Å². The Labute approximate surface area is 95.9 Å². The van der Waals surface area contributed by atoms with Gasteiger partial charge in [0.2, 0.25) is 0 Å². The second-order valence-corrected chi connectivity index (χ2v) is 4.02. The largest absolute Gasteiger partial charge is 0.506 e. The molecular formula is C12H17N3O. The molecule has 0 fully saturated rings. The predicted octanol–water partition coefficient (Wildman–Crippen LogP) is 1.71. The van der Waals surface area contributed by atoms with Crippen LogP contribution in [0, 0.1) is 11.3 Å². The van der Waals surface area contributed by atoms with E-state index in [2.05, 4.69) is 11.0 Å². The highest BCUT2D eigenvalue weighted by molar-refractivity contribution is 5.53. The maximum atomic E-state index is 9.29. The van der Waals surface area contributed by atoms with Gasteiger partial charge < -0.3 is 10.8 Å². The van der Waals surface area contributed by atoms with Gasteiger partial charge in [-0.2, -0.15) is 5.26 Å². The van der Waals surface area contributed by atoms with Crippen molar-refractivity contribution < 1.29 is 5.11 Å². The third-order valence-corrected chi connectivity index (χ3v) is 2.66. The molecular weight excluding hydrogens is 202 g/mol. The third-order valence-electron chi connectivity index (χ3n) is 2.66. The highest BCUT2D eigenvalue weighted by Crippen LogP contribution is 2.21. The normalized spacial score (nSPS) is 12.4. The van der Waals surface area contributed by atoms with Crippen LogP contribution in [0.3, 0.4) is 0 Å². The monoisotopic (exact) mass is 219 g/mol. The Morgan fingerprint density at radius 1 is 1.56 bits per heavy atom. The number of benzene rings is 1. The zero-order valence-electron chi connectivity index (χ0n) is 9.64. The van der Waals surface area contributed by atoms with Crippen molar-refractivity contribution in [2.24, 2.45) is 0 Å². The number of hydrogen-bond donors (Lipinski definition) is 2. The average Bonchev–Trinajstić information content (AvgIpc) is 2.24. The molecule has 1 aromatic rings. The maximum absolute atomic E-state index is 9.29. The van der Waals surface area contributed by atoms with Gasteiger partial charge in [0.1, 0.15) is 5.75 Å². The lowest BCUT2D eigenvalue weighted by Crippen LogP contribution is -2.28. The van der Waals surface area contributed by atoms with E-state index < -0.39 is 0 Å². The summed E-state index contributed by atoms with van der Waals surface area (Å²) in [5.74, 6) is 0.108. The van der Waals surface area contributed by atoms with Gasteiger partial charge in [0.25, 0.3) is 0 Å². The molecule has 1 rings (SSSR count). The molecule has 0 bridgehead atoms. The molecule has 4 nitrogen and oxygen atoms in total. The van der Waals surface area contributed by atoms with Crippen LogP contribution < -0.4 is 5.73 Å². The Balaban J connectivity index is 2.66. The van der Waals surface area contributed by atoms with Gasteiger partial charge in [-0.25, -0.2) is 0 Å². The first-order valence-corrected chi connectivity index (χ1v) is 5.19. The fourth-order valence-corrected chi connectivity index (χ4v) is 1.43. The molecule has 0 saturated carbocycles. The number of hydrogen-bond acceptors (Lipinski definition) is 4. The zero-order valence-corrected chi connectivity index (χ0v) is 9.64. The molecule has 0 amide bonds. The van der Waals surface area contributed by atoms with Crippen molar-refractivity contribution >= 4 is 5.69 Å². The standard InChI is InChI=1S/C12H17N3O/c1-9(5-6-13)15(2)8-10-3-4-12(16)11(14)7-10/h3-4,7,9,16H,5,8,14H2,1-2H3. The fraction of sp³-hybridized carbons (Fsp3) is 0.417. The van der Waals surface area contributed by atoms with E-state index in [-0.39, 0.29) is 11.8 Å². The summed E-state index contributed by atoms with van der Waals surface area (Å²) in [7, 11) is 1.96. The molecule has 86 valence electrons. The molecule has 4 heteroatoms. The maximum Gasteiger partial charge on any atom is 0.138 e. The topological polar surface area (TPSA) is 73.3 Å². The van der Waals surface area contributed by atoms with Crippen LogP contribution in [0.5, 0.6) is 5.75 Å². The van der Waals surface area contributed by atoms with Crippen LogP contribution in [-0.2, 0) is 6.54 Å². The second kappa shape index (κ2) is 5.38. The Kier molecular flexibility index (Phi) is 4.15. The number of phenols is 1. The van der Waals surface area contributed by atoms with Crippen molar-refractivity contribution in [3.05, 3.63) is 23.8 Å². The molecule has 0 heterocycles. The Bertz CT molecular complexity index is 398. The van der Waals surface area contributed by atoms with Crippen LogP contribution in [0.4, 0.5) is 5.69 Å². The van der Waals surface area contributed by atoms with Gasteiger partial charge in [0.15, 0.2) is 0 Å². The summed E-state index contributed by atoms with van der Waals surface area (Å²) < 4.78 is 0. The van der Waals surface area contributed by atoms with E-state index in [0.717, 1.165) is 5.56 Å². The van der Waals surface area contributed by atoms with Crippen molar-refractivity contribution in [1.82, 2.24) is 4.90 Å². The Morgan fingerprint density at radius 2 is 2.25 bits per heavy atom. The van der Waals surface area contributed by atoms with Gasteiger partial charge >= 0.3 is 0 Å². The second-order valence-electron chi connectivity index (χ2n) is 4.02. The van der Waals surface area contributed by atoms with Crippen LogP contribution >= 0.6 is 0 Å². The van der Waals surface area contributed by atoms with Crippen molar-refractivity contribution in [3.63, 3.8) is 0 Å². The fourth-order valence-electron chi connectivity index (χ4n) is 1.43. The highest BCUT2D eigenvalue weighted by atomic mass is 16.3. The van der Waals surface area contributed by atoms with Gasteiger partial charge in [0.05, 0.1) is 18.2 Å². The summed E-state index contributed by atoms with van der Waals surface area (Å²) in [6.07, 6.45) is 0.504. The number of nitriles is 1.